The van der Waals surface area contributed by atoms with Gasteiger partial charge in [0.05, 0.1) is 28.9 Å². The summed E-state index contributed by atoms with van der Waals surface area (Å²) in [6, 6.07) is 12.0. The third-order valence-electron chi connectivity index (χ3n) is 4.16. The van der Waals surface area contributed by atoms with Gasteiger partial charge in [0, 0.05) is 24.6 Å². The molecule has 0 saturated heterocycles. The average molecular weight is 307 g/mol. The summed E-state index contributed by atoms with van der Waals surface area (Å²) in [6.45, 7) is 0. The number of ether oxygens (including phenoxy) is 1. The molecule has 0 amide bonds. The minimum absolute atomic E-state index is 0.0985. The molecule has 0 spiro atoms. The van der Waals surface area contributed by atoms with Gasteiger partial charge in [-0.1, -0.05) is 12.1 Å². The van der Waals surface area contributed by atoms with Crippen LogP contribution in [0.25, 0.3) is 32.8 Å². The Morgan fingerprint density at radius 3 is 2.57 bits per heavy atom. The van der Waals surface area contributed by atoms with Crippen molar-refractivity contribution >= 4 is 32.8 Å². The molecular formula is C18H13NO4. The van der Waals surface area contributed by atoms with Crippen LogP contribution in [0.1, 0.15) is 0 Å². The number of para-hydroxylation sites is 1. The molecule has 0 radical (unpaired) electrons. The summed E-state index contributed by atoms with van der Waals surface area (Å²) >= 11 is 0. The maximum atomic E-state index is 12.9. The smallest absolute Gasteiger partial charge is 0.336 e. The van der Waals surface area contributed by atoms with E-state index in [2.05, 4.69) is 0 Å². The lowest BCUT2D eigenvalue weighted by atomic mass is 10.1. The number of nitrogens with zero attached hydrogens (tertiary/aromatic N) is 1. The summed E-state index contributed by atoms with van der Waals surface area (Å²) in [4.78, 5) is 24.5. The highest BCUT2D eigenvalue weighted by Gasteiger charge is 2.17. The molecule has 0 bridgehead atoms. The van der Waals surface area contributed by atoms with E-state index in [-0.39, 0.29) is 5.43 Å². The van der Waals surface area contributed by atoms with Crippen molar-refractivity contribution < 1.29 is 9.15 Å². The summed E-state index contributed by atoms with van der Waals surface area (Å²) in [7, 11) is 3.38. The Morgan fingerprint density at radius 2 is 1.78 bits per heavy atom. The van der Waals surface area contributed by atoms with Gasteiger partial charge in [-0.3, -0.25) is 4.79 Å². The van der Waals surface area contributed by atoms with Crippen molar-refractivity contribution in [2.75, 3.05) is 7.11 Å². The molecule has 0 atom stereocenters. The lowest BCUT2D eigenvalue weighted by Gasteiger charge is -2.14. The molecular weight excluding hydrogens is 294 g/mol. The van der Waals surface area contributed by atoms with Crippen molar-refractivity contribution in [1.29, 1.82) is 0 Å². The molecule has 0 saturated carbocycles. The van der Waals surface area contributed by atoms with E-state index < -0.39 is 5.63 Å². The van der Waals surface area contributed by atoms with Gasteiger partial charge in [0.2, 0.25) is 5.43 Å². The zero-order chi connectivity index (χ0) is 16.1. The monoisotopic (exact) mass is 307 g/mol. The molecule has 114 valence electrons. The molecule has 0 fully saturated rings. The number of aryl methyl sites for hydroxylation is 1. The van der Waals surface area contributed by atoms with Gasteiger partial charge in [-0.25, -0.2) is 4.79 Å². The highest BCUT2D eigenvalue weighted by atomic mass is 16.5. The van der Waals surface area contributed by atoms with Crippen molar-refractivity contribution in [2.45, 2.75) is 0 Å². The van der Waals surface area contributed by atoms with Crippen LogP contribution in [0, 0.1) is 0 Å². The molecule has 2 heterocycles. The van der Waals surface area contributed by atoms with Crippen molar-refractivity contribution in [1.82, 2.24) is 4.57 Å². The zero-order valence-electron chi connectivity index (χ0n) is 12.6. The van der Waals surface area contributed by atoms with Crippen LogP contribution in [0.15, 0.2) is 56.5 Å². The van der Waals surface area contributed by atoms with E-state index in [0.29, 0.717) is 33.0 Å². The quantitative estimate of drug-likeness (QED) is 0.401. The van der Waals surface area contributed by atoms with E-state index in [1.807, 2.05) is 29.8 Å². The molecule has 0 aliphatic rings. The first-order chi connectivity index (χ1) is 11.1. The standard InChI is InChI=1S/C18H13NO4/c1-19-12-6-4-3-5-10(12)17(21)16-13(19)9-14-11(18(16)22-2)7-8-15(20)23-14/h3-9H,1-2H3. The van der Waals surface area contributed by atoms with Crippen molar-refractivity contribution in [3.63, 3.8) is 0 Å². The van der Waals surface area contributed by atoms with Crippen LogP contribution in [0.5, 0.6) is 5.75 Å². The molecule has 0 unspecified atom stereocenters. The highest BCUT2D eigenvalue weighted by molar-refractivity contribution is 6.05. The fourth-order valence-corrected chi connectivity index (χ4v) is 3.09. The van der Waals surface area contributed by atoms with E-state index in [1.54, 1.807) is 18.2 Å². The number of methoxy groups -OCH3 is 1. The van der Waals surface area contributed by atoms with Gasteiger partial charge in [0.15, 0.2) is 0 Å². The first-order valence-electron chi connectivity index (χ1n) is 7.14. The molecule has 2 aromatic heterocycles. The third-order valence-corrected chi connectivity index (χ3v) is 4.16. The van der Waals surface area contributed by atoms with Crippen LogP contribution in [0.3, 0.4) is 0 Å². The zero-order valence-corrected chi connectivity index (χ0v) is 12.6. The Labute approximate surface area is 130 Å². The number of benzene rings is 2. The van der Waals surface area contributed by atoms with E-state index in [0.717, 1.165) is 5.52 Å². The van der Waals surface area contributed by atoms with Crippen LogP contribution in [-0.2, 0) is 7.05 Å². The summed E-state index contributed by atoms with van der Waals surface area (Å²) in [6.07, 6.45) is 0. The van der Waals surface area contributed by atoms with Gasteiger partial charge < -0.3 is 13.7 Å². The van der Waals surface area contributed by atoms with Gasteiger partial charge in [-0.15, -0.1) is 0 Å². The number of pyridine rings is 1. The molecule has 23 heavy (non-hydrogen) atoms. The van der Waals surface area contributed by atoms with Gasteiger partial charge in [0.25, 0.3) is 0 Å². The molecule has 4 rings (SSSR count). The van der Waals surface area contributed by atoms with Crippen LogP contribution >= 0.6 is 0 Å². The van der Waals surface area contributed by atoms with Gasteiger partial charge >= 0.3 is 5.63 Å². The number of rotatable bonds is 1. The third kappa shape index (κ3) is 1.80. The van der Waals surface area contributed by atoms with Crippen LogP contribution < -0.4 is 15.8 Å². The number of aromatic nitrogens is 1. The van der Waals surface area contributed by atoms with Crippen LogP contribution in [-0.4, -0.2) is 11.7 Å². The molecule has 2 aromatic carbocycles. The maximum Gasteiger partial charge on any atom is 0.336 e. The minimum atomic E-state index is -0.440. The molecule has 5 heteroatoms. The van der Waals surface area contributed by atoms with E-state index in [1.165, 1.54) is 13.2 Å². The van der Waals surface area contributed by atoms with Gasteiger partial charge in [-0.05, 0) is 18.2 Å². The second-order valence-electron chi connectivity index (χ2n) is 5.38. The summed E-state index contributed by atoms with van der Waals surface area (Å²) in [5, 5.41) is 1.71. The Morgan fingerprint density at radius 1 is 1.00 bits per heavy atom. The molecule has 5 nitrogen and oxygen atoms in total. The van der Waals surface area contributed by atoms with E-state index in [9.17, 15) is 9.59 Å². The largest absolute Gasteiger partial charge is 0.495 e. The van der Waals surface area contributed by atoms with Gasteiger partial charge in [0.1, 0.15) is 11.3 Å². The fourth-order valence-electron chi connectivity index (χ4n) is 3.09. The van der Waals surface area contributed by atoms with Crippen molar-refractivity contribution in [2.24, 2.45) is 7.05 Å². The summed E-state index contributed by atoms with van der Waals surface area (Å²) < 4.78 is 12.7. The summed E-state index contributed by atoms with van der Waals surface area (Å²) in [5.74, 6) is 0.424. The fraction of sp³-hybridized carbons (Fsp3) is 0.111. The average Bonchev–Trinajstić information content (AvgIpc) is 2.57. The first-order valence-corrected chi connectivity index (χ1v) is 7.14. The topological polar surface area (TPSA) is 61.4 Å². The van der Waals surface area contributed by atoms with Crippen molar-refractivity contribution in [3.05, 3.63) is 63.1 Å². The Bertz CT molecular complexity index is 1200. The SMILES string of the molecule is COc1c2ccc(=O)oc2cc2c1c(=O)c1ccccc1n2C. The second kappa shape index (κ2) is 4.71. The molecule has 0 N–H and O–H groups in total. The number of hydrogen-bond donors (Lipinski definition) is 0. The Hall–Kier alpha value is -3.08. The predicted octanol–water partition coefficient (Wildman–Crippen LogP) is 2.81. The predicted molar refractivity (Wildman–Crippen MR) is 89.3 cm³/mol. The normalized spacial score (nSPS) is 11.4. The van der Waals surface area contributed by atoms with E-state index >= 15 is 0 Å². The highest BCUT2D eigenvalue weighted by Crippen LogP contribution is 2.33. The van der Waals surface area contributed by atoms with Crippen LogP contribution in [0.2, 0.25) is 0 Å². The Kier molecular flexibility index (Phi) is 2.78. The first kappa shape index (κ1) is 13.6. The lowest BCUT2D eigenvalue weighted by molar-refractivity contribution is 0.423. The van der Waals surface area contributed by atoms with Crippen molar-refractivity contribution in [3.8, 4) is 5.75 Å². The molecule has 4 aromatic rings. The minimum Gasteiger partial charge on any atom is -0.495 e. The second-order valence-corrected chi connectivity index (χ2v) is 5.38. The Balaban J connectivity index is 2.39. The number of fused-ring (bicyclic) bond motifs is 3. The summed E-state index contributed by atoms with van der Waals surface area (Å²) in [5.41, 5.74) is 1.33. The number of hydrogen-bond acceptors (Lipinski definition) is 4. The lowest BCUT2D eigenvalue weighted by Crippen LogP contribution is -2.11. The maximum absolute atomic E-state index is 12.9. The van der Waals surface area contributed by atoms with Crippen LogP contribution in [0.4, 0.5) is 0 Å². The van der Waals surface area contributed by atoms with Gasteiger partial charge in [-0.2, -0.15) is 0 Å². The van der Waals surface area contributed by atoms with E-state index in [4.69, 9.17) is 9.15 Å². The molecule has 0 aliphatic heterocycles. The molecule has 0 aliphatic carbocycles.